The molecule has 1 saturated heterocycles. The van der Waals surface area contributed by atoms with Crippen LogP contribution in [0.25, 0.3) is 0 Å². The summed E-state index contributed by atoms with van der Waals surface area (Å²) in [5, 5.41) is 3.08. The van der Waals surface area contributed by atoms with E-state index in [0.717, 1.165) is 38.9 Å². The van der Waals surface area contributed by atoms with Crippen LogP contribution in [-0.2, 0) is 17.6 Å². The van der Waals surface area contributed by atoms with Gasteiger partial charge in [0.1, 0.15) is 5.82 Å². The van der Waals surface area contributed by atoms with E-state index in [4.69, 9.17) is 0 Å². The van der Waals surface area contributed by atoms with Crippen molar-refractivity contribution in [2.75, 3.05) is 19.6 Å². The molecular formula is C20H24FN3O. The molecule has 0 aliphatic carbocycles. The lowest BCUT2D eigenvalue weighted by atomic mass is 10.0. The summed E-state index contributed by atoms with van der Waals surface area (Å²) in [5.74, 6) is -0.325. The highest BCUT2D eigenvalue weighted by molar-refractivity contribution is 5.78. The Morgan fingerprint density at radius 3 is 2.64 bits per heavy atom. The van der Waals surface area contributed by atoms with Gasteiger partial charge >= 0.3 is 0 Å². The number of pyridine rings is 1. The number of hydrogen-bond acceptors (Lipinski definition) is 3. The molecule has 25 heavy (non-hydrogen) atoms. The first-order chi connectivity index (χ1) is 12.2. The number of aromatic nitrogens is 1. The molecule has 1 aliphatic heterocycles. The first-order valence-electron chi connectivity index (χ1n) is 8.84. The molecule has 1 aliphatic rings. The number of rotatable bonds is 6. The van der Waals surface area contributed by atoms with E-state index in [9.17, 15) is 9.18 Å². The normalized spacial score (nSPS) is 15.9. The van der Waals surface area contributed by atoms with E-state index in [1.807, 2.05) is 12.4 Å². The molecule has 0 radical (unpaired) electrons. The van der Waals surface area contributed by atoms with Gasteiger partial charge in [0.15, 0.2) is 0 Å². The van der Waals surface area contributed by atoms with Crippen molar-refractivity contribution in [2.24, 2.45) is 0 Å². The monoisotopic (exact) mass is 341 g/mol. The predicted octanol–water partition coefficient (Wildman–Crippen LogP) is 2.59. The minimum Gasteiger partial charge on any atom is -0.353 e. The SMILES string of the molecule is O=C(Cc1cccc(F)c1)NC1CCN(CCc2ccncc2)CC1. The highest BCUT2D eigenvalue weighted by atomic mass is 19.1. The van der Waals surface area contributed by atoms with Crippen molar-refractivity contribution < 1.29 is 9.18 Å². The van der Waals surface area contributed by atoms with Gasteiger partial charge in [-0.25, -0.2) is 4.39 Å². The van der Waals surface area contributed by atoms with E-state index in [-0.39, 0.29) is 24.2 Å². The Morgan fingerprint density at radius 2 is 1.92 bits per heavy atom. The Bertz CT molecular complexity index is 684. The predicted molar refractivity (Wildman–Crippen MR) is 95.6 cm³/mol. The zero-order valence-corrected chi connectivity index (χ0v) is 14.3. The lowest BCUT2D eigenvalue weighted by Gasteiger charge is -2.32. The maximum absolute atomic E-state index is 13.2. The largest absolute Gasteiger partial charge is 0.353 e. The number of hydrogen-bond donors (Lipinski definition) is 1. The lowest BCUT2D eigenvalue weighted by Crippen LogP contribution is -2.45. The summed E-state index contributed by atoms with van der Waals surface area (Å²) in [6, 6.07) is 10.6. The van der Waals surface area contributed by atoms with Gasteiger partial charge in [0.05, 0.1) is 6.42 Å². The molecule has 2 aromatic rings. The van der Waals surface area contributed by atoms with E-state index in [1.54, 1.807) is 12.1 Å². The summed E-state index contributed by atoms with van der Waals surface area (Å²) in [6.45, 7) is 3.03. The summed E-state index contributed by atoms with van der Waals surface area (Å²) in [6.07, 6.45) is 6.85. The third kappa shape index (κ3) is 5.64. The molecule has 132 valence electrons. The Kier molecular flexibility index (Phi) is 6.12. The van der Waals surface area contributed by atoms with Crippen molar-refractivity contribution in [3.8, 4) is 0 Å². The molecular weight excluding hydrogens is 317 g/mol. The van der Waals surface area contributed by atoms with E-state index in [1.165, 1.54) is 17.7 Å². The topological polar surface area (TPSA) is 45.2 Å². The highest BCUT2D eigenvalue weighted by Gasteiger charge is 2.20. The van der Waals surface area contributed by atoms with Crippen molar-refractivity contribution in [1.29, 1.82) is 0 Å². The van der Waals surface area contributed by atoms with Crippen LogP contribution < -0.4 is 5.32 Å². The number of likely N-dealkylation sites (tertiary alicyclic amines) is 1. The number of amides is 1. The second-order valence-corrected chi connectivity index (χ2v) is 6.60. The Morgan fingerprint density at radius 1 is 1.16 bits per heavy atom. The maximum Gasteiger partial charge on any atom is 0.224 e. The highest BCUT2D eigenvalue weighted by Crippen LogP contribution is 2.12. The van der Waals surface area contributed by atoms with Crippen LogP contribution in [0.4, 0.5) is 4.39 Å². The second kappa shape index (κ2) is 8.72. The third-order valence-corrected chi connectivity index (χ3v) is 4.67. The number of halogens is 1. The Labute approximate surface area is 148 Å². The van der Waals surface area contributed by atoms with Crippen molar-refractivity contribution in [3.05, 3.63) is 65.7 Å². The van der Waals surface area contributed by atoms with Gasteiger partial charge < -0.3 is 10.2 Å². The fourth-order valence-electron chi connectivity index (χ4n) is 3.25. The molecule has 0 atom stereocenters. The van der Waals surface area contributed by atoms with Crippen LogP contribution in [0.2, 0.25) is 0 Å². The van der Waals surface area contributed by atoms with Crippen LogP contribution in [-0.4, -0.2) is 41.5 Å². The van der Waals surface area contributed by atoms with Crippen LogP contribution in [0.3, 0.4) is 0 Å². The summed E-state index contributed by atoms with van der Waals surface area (Å²) in [4.78, 5) is 18.6. The number of carbonyl (C=O) groups is 1. The molecule has 0 unspecified atom stereocenters. The summed E-state index contributed by atoms with van der Waals surface area (Å²) < 4.78 is 13.2. The zero-order valence-electron chi connectivity index (χ0n) is 14.3. The fourth-order valence-corrected chi connectivity index (χ4v) is 3.25. The molecule has 1 aromatic heterocycles. The van der Waals surface area contributed by atoms with Gasteiger partial charge in [0.25, 0.3) is 0 Å². The van der Waals surface area contributed by atoms with E-state index in [0.29, 0.717) is 5.56 Å². The van der Waals surface area contributed by atoms with E-state index in [2.05, 4.69) is 27.3 Å². The number of nitrogens with zero attached hydrogens (tertiary/aromatic N) is 2. The van der Waals surface area contributed by atoms with Crippen molar-refractivity contribution in [1.82, 2.24) is 15.2 Å². The van der Waals surface area contributed by atoms with Gasteiger partial charge in [0.2, 0.25) is 5.91 Å². The van der Waals surface area contributed by atoms with Gasteiger partial charge in [-0.05, 0) is 54.7 Å². The molecule has 3 rings (SSSR count). The first-order valence-corrected chi connectivity index (χ1v) is 8.84. The van der Waals surface area contributed by atoms with Gasteiger partial charge in [-0.15, -0.1) is 0 Å². The number of piperidine rings is 1. The molecule has 5 heteroatoms. The minimum absolute atomic E-state index is 0.0270. The average Bonchev–Trinajstić information content (AvgIpc) is 2.62. The molecule has 2 heterocycles. The quantitative estimate of drug-likeness (QED) is 0.878. The summed E-state index contributed by atoms with van der Waals surface area (Å²) in [5.41, 5.74) is 2.02. The molecule has 0 saturated carbocycles. The van der Waals surface area contributed by atoms with Crippen molar-refractivity contribution in [3.63, 3.8) is 0 Å². The zero-order chi connectivity index (χ0) is 17.5. The van der Waals surface area contributed by atoms with E-state index >= 15 is 0 Å². The number of nitrogens with one attached hydrogen (secondary N) is 1. The van der Waals surface area contributed by atoms with Gasteiger partial charge in [0, 0.05) is 38.1 Å². The van der Waals surface area contributed by atoms with Crippen LogP contribution in [0.15, 0.2) is 48.8 Å². The van der Waals surface area contributed by atoms with Crippen molar-refractivity contribution >= 4 is 5.91 Å². The lowest BCUT2D eigenvalue weighted by molar-refractivity contribution is -0.121. The third-order valence-electron chi connectivity index (χ3n) is 4.67. The summed E-state index contributed by atoms with van der Waals surface area (Å²) >= 11 is 0. The van der Waals surface area contributed by atoms with E-state index < -0.39 is 0 Å². The smallest absolute Gasteiger partial charge is 0.224 e. The Hall–Kier alpha value is -2.27. The van der Waals surface area contributed by atoms with Crippen LogP contribution >= 0.6 is 0 Å². The molecule has 4 nitrogen and oxygen atoms in total. The summed E-state index contributed by atoms with van der Waals surface area (Å²) in [7, 11) is 0. The maximum atomic E-state index is 13.2. The molecule has 0 spiro atoms. The number of benzene rings is 1. The van der Waals surface area contributed by atoms with Crippen LogP contribution in [0.5, 0.6) is 0 Å². The minimum atomic E-state index is -0.298. The van der Waals surface area contributed by atoms with Gasteiger partial charge in [-0.3, -0.25) is 9.78 Å². The molecule has 1 N–H and O–H groups in total. The fraction of sp³-hybridized carbons (Fsp3) is 0.400. The van der Waals surface area contributed by atoms with Crippen LogP contribution in [0.1, 0.15) is 24.0 Å². The Balaban J connectivity index is 1.38. The van der Waals surface area contributed by atoms with Crippen LogP contribution in [0, 0.1) is 5.82 Å². The standard InChI is InChI=1S/C20H24FN3O/c21-18-3-1-2-17(14-18)15-20(25)23-19-7-12-24(13-8-19)11-6-16-4-9-22-10-5-16/h1-5,9-10,14,19H,6-8,11-13,15H2,(H,23,25). The average molecular weight is 341 g/mol. The van der Waals surface area contributed by atoms with Gasteiger partial charge in [-0.1, -0.05) is 12.1 Å². The van der Waals surface area contributed by atoms with Gasteiger partial charge in [-0.2, -0.15) is 0 Å². The second-order valence-electron chi connectivity index (χ2n) is 6.60. The molecule has 1 fully saturated rings. The first kappa shape index (κ1) is 17.5. The molecule has 0 bridgehead atoms. The molecule has 1 aromatic carbocycles. The molecule has 1 amide bonds. The van der Waals surface area contributed by atoms with Crippen molar-refractivity contribution in [2.45, 2.75) is 31.7 Å². The number of carbonyl (C=O) groups excluding carboxylic acids is 1.